The zero-order valence-corrected chi connectivity index (χ0v) is 10.2. The minimum Gasteiger partial charge on any atom is -0.398 e. The number of rotatable bonds is 3. The van der Waals surface area contributed by atoms with E-state index in [1.165, 1.54) is 19.1 Å². The molecule has 2 rings (SSSR count). The molecule has 3 nitrogen and oxygen atoms in total. The Labute approximate surface area is 109 Å². The van der Waals surface area contributed by atoms with E-state index < -0.39 is 11.6 Å². The molecule has 2 aromatic carbocycles. The Morgan fingerprint density at radius 2 is 1.89 bits per heavy atom. The quantitative estimate of drug-likeness (QED) is 0.657. The molecule has 19 heavy (non-hydrogen) atoms. The Morgan fingerprint density at radius 1 is 1.16 bits per heavy atom. The molecule has 98 valence electrons. The van der Waals surface area contributed by atoms with Crippen molar-refractivity contribution in [2.24, 2.45) is 0 Å². The number of hydrogen-bond donors (Lipinski definition) is 2. The molecule has 0 fully saturated rings. The highest BCUT2D eigenvalue weighted by Crippen LogP contribution is 2.24. The predicted molar refractivity (Wildman–Crippen MR) is 70.5 cm³/mol. The summed E-state index contributed by atoms with van der Waals surface area (Å²) in [6.45, 7) is 1.42. The van der Waals surface area contributed by atoms with Gasteiger partial charge in [0.25, 0.3) is 0 Å². The Balaban J connectivity index is 2.29. The van der Waals surface area contributed by atoms with Crippen molar-refractivity contribution < 1.29 is 13.6 Å². The number of halogens is 2. The van der Waals surface area contributed by atoms with Crippen LogP contribution in [-0.4, -0.2) is 5.78 Å². The molecule has 0 spiro atoms. The van der Waals surface area contributed by atoms with E-state index in [1.54, 1.807) is 12.1 Å². The van der Waals surface area contributed by atoms with E-state index in [4.69, 9.17) is 5.73 Å². The van der Waals surface area contributed by atoms with Crippen molar-refractivity contribution in [3.63, 3.8) is 0 Å². The lowest BCUT2D eigenvalue weighted by Crippen LogP contribution is -2.01. The summed E-state index contributed by atoms with van der Waals surface area (Å²) in [5.74, 6) is -1.49. The summed E-state index contributed by atoms with van der Waals surface area (Å²) < 4.78 is 26.2. The number of nitrogen functional groups attached to an aromatic ring is 1. The van der Waals surface area contributed by atoms with Crippen molar-refractivity contribution in [1.29, 1.82) is 0 Å². The van der Waals surface area contributed by atoms with Crippen molar-refractivity contribution in [3.8, 4) is 0 Å². The summed E-state index contributed by atoms with van der Waals surface area (Å²) in [4.78, 5) is 11.2. The second-order valence-corrected chi connectivity index (χ2v) is 4.11. The highest BCUT2D eigenvalue weighted by atomic mass is 19.1. The van der Waals surface area contributed by atoms with E-state index in [2.05, 4.69) is 5.32 Å². The van der Waals surface area contributed by atoms with Gasteiger partial charge in [-0.05, 0) is 37.3 Å². The fourth-order valence-corrected chi connectivity index (χ4v) is 1.71. The standard InChI is InChI=1S/C14H12F2N2O/c1-8(19)11-4-3-10(7-13(11)17)18-14-5-2-9(15)6-12(14)16/h2-7,18H,17H2,1H3. The van der Waals surface area contributed by atoms with E-state index in [0.717, 1.165) is 12.1 Å². The van der Waals surface area contributed by atoms with E-state index in [9.17, 15) is 13.6 Å². The van der Waals surface area contributed by atoms with Gasteiger partial charge < -0.3 is 11.1 Å². The number of anilines is 3. The SMILES string of the molecule is CC(=O)c1ccc(Nc2ccc(F)cc2F)cc1N. The first-order valence-corrected chi connectivity index (χ1v) is 5.60. The number of Topliss-reactive ketones (excluding diaryl/α,β-unsaturated/α-hetero) is 1. The van der Waals surface area contributed by atoms with Gasteiger partial charge in [-0.3, -0.25) is 4.79 Å². The van der Waals surface area contributed by atoms with Crippen LogP contribution in [0.25, 0.3) is 0 Å². The molecule has 0 atom stereocenters. The molecule has 0 radical (unpaired) electrons. The number of nitrogens with one attached hydrogen (secondary N) is 1. The van der Waals surface area contributed by atoms with Crippen LogP contribution >= 0.6 is 0 Å². The average Bonchev–Trinajstić information content (AvgIpc) is 2.32. The summed E-state index contributed by atoms with van der Waals surface area (Å²) in [6, 6.07) is 7.92. The Hall–Kier alpha value is -2.43. The van der Waals surface area contributed by atoms with Gasteiger partial charge >= 0.3 is 0 Å². The molecule has 5 heteroatoms. The van der Waals surface area contributed by atoms with Gasteiger partial charge in [0, 0.05) is 23.0 Å². The van der Waals surface area contributed by atoms with Crippen molar-refractivity contribution in [3.05, 3.63) is 53.6 Å². The molecule has 0 aliphatic carbocycles. The first-order chi connectivity index (χ1) is 8.97. The molecule has 0 aromatic heterocycles. The highest BCUT2D eigenvalue weighted by Gasteiger charge is 2.07. The Bertz CT molecular complexity index is 641. The summed E-state index contributed by atoms with van der Waals surface area (Å²) in [7, 11) is 0. The predicted octanol–water partition coefficient (Wildman–Crippen LogP) is 3.49. The molecular formula is C14H12F2N2O. The van der Waals surface area contributed by atoms with Crippen LogP contribution in [0.2, 0.25) is 0 Å². The maximum atomic E-state index is 13.5. The number of benzene rings is 2. The van der Waals surface area contributed by atoms with Crippen molar-refractivity contribution in [2.75, 3.05) is 11.1 Å². The van der Waals surface area contributed by atoms with Gasteiger partial charge in [-0.2, -0.15) is 0 Å². The molecule has 3 N–H and O–H groups in total. The number of ketones is 1. The summed E-state index contributed by atoms with van der Waals surface area (Å²) >= 11 is 0. The van der Waals surface area contributed by atoms with Crippen molar-refractivity contribution in [1.82, 2.24) is 0 Å². The Morgan fingerprint density at radius 3 is 2.47 bits per heavy atom. The second kappa shape index (κ2) is 5.06. The molecule has 0 aliphatic heterocycles. The number of carbonyl (C=O) groups is 1. The van der Waals surface area contributed by atoms with E-state index >= 15 is 0 Å². The Kier molecular flexibility index (Phi) is 3.46. The van der Waals surface area contributed by atoms with Gasteiger partial charge in [0.1, 0.15) is 11.6 Å². The third-order valence-corrected chi connectivity index (χ3v) is 2.64. The average molecular weight is 262 g/mol. The van der Waals surface area contributed by atoms with Crippen molar-refractivity contribution >= 4 is 22.8 Å². The van der Waals surface area contributed by atoms with E-state index in [-0.39, 0.29) is 11.5 Å². The molecule has 0 aliphatic rings. The normalized spacial score (nSPS) is 10.3. The lowest BCUT2D eigenvalue weighted by Gasteiger charge is -2.10. The summed E-state index contributed by atoms with van der Waals surface area (Å²) in [5.41, 5.74) is 7.09. The van der Waals surface area contributed by atoms with Gasteiger partial charge in [0.05, 0.1) is 5.69 Å². The highest BCUT2D eigenvalue weighted by molar-refractivity contribution is 5.99. The third kappa shape index (κ3) is 2.88. The summed E-state index contributed by atoms with van der Waals surface area (Å²) in [6.07, 6.45) is 0. The maximum Gasteiger partial charge on any atom is 0.161 e. The first kappa shape index (κ1) is 13.0. The third-order valence-electron chi connectivity index (χ3n) is 2.64. The minimum atomic E-state index is -0.700. The molecule has 0 unspecified atom stereocenters. The molecule has 0 saturated heterocycles. The van der Waals surface area contributed by atoms with E-state index in [0.29, 0.717) is 16.9 Å². The molecule has 0 bridgehead atoms. The number of nitrogens with two attached hydrogens (primary N) is 1. The van der Waals surface area contributed by atoms with Crippen LogP contribution in [-0.2, 0) is 0 Å². The fraction of sp³-hybridized carbons (Fsp3) is 0.0714. The van der Waals surface area contributed by atoms with Gasteiger partial charge in [0.15, 0.2) is 5.78 Å². The maximum absolute atomic E-state index is 13.5. The van der Waals surface area contributed by atoms with Crippen LogP contribution in [0.1, 0.15) is 17.3 Å². The largest absolute Gasteiger partial charge is 0.398 e. The minimum absolute atomic E-state index is 0.136. The monoisotopic (exact) mass is 262 g/mol. The smallest absolute Gasteiger partial charge is 0.161 e. The van der Waals surface area contributed by atoms with Crippen LogP contribution in [0.15, 0.2) is 36.4 Å². The zero-order valence-electron chi connectivity index (χ0n) is 10.2. The van der Waals surface area contributed by atoms with Gasteiger partial charge in [-0.25, -0.2) is 8.78 Å². The van der Waals surface area contributed by atoms with E-state index in [1.807, 2.05) is 0 Å². The molecule has 0 saturated carbocycles. The zero-order chi connectivity index (χ0) is 14.0. The van der Waals surface area contributed by atoms with Gasteiger partial charge in [0.2, 0.25) is 0 Å². The second-order valence-electron chi connectivity index (χ2n) is 4.11. The lowest BCUT2D eigenvalue weighted by molar-refractivity contribution is 0.101. The van der Waals surface area contributed by atoms with Crippen LogP contribution in [0.4, 0.5) is 25.8 Å². The molecule has 0 amide bonds. The van der Waals surface area contributed by atoms with Crippen LogP contribution in [0, 0.1) is 11.6 Å². The topological polar surface area (TPSA) is 55.1 Å². The van der Waals surface area contributed by atoms with Crippen LogP contribution in [0.5, 0.6) is 0 Å². The molecule has 0 heterocycles. The first-order valence-electron chi connectivity index (χ1n) is 5.60. The number of hydrogen-bond acceptors (Lipinski definition) is 3. The van der Waals surface area contributed by atoms with Crippen LogP contribution in [0.3, 0.4) is 0 Å². The number of carbonyl (C=O) groups excluding carboxylic acids is 1. The molecular weight excluding hydrogens is 250 g/mol. The van der Waals surface area contributed by atoms with Gasteiger partial charge in [-0.1, -0.05) is 0 Å². The van der Waals surface area contributed by atoms with Gasteiger partial charge in [-0.15, -0.1) is 0 Å². The lowest BCUT2D eigenvalue weighted by atomic mass is 10.1. The molecule has 2 aromatic rings. The van der Waals surface area contributed by atoms with Crippen LogP contribution < -0.4 is 11.1 Å². The fourth-order valence-electron chi connectivity index (χ4n) is 1.71. The summed E-state index contributed by atoms with van der Waals surface area (Å²) in [5, 5.41) is 2.77. The van der Waals surface area contributed by atoms with Crippen molar-refractivity contribution in [2.45, 2.75) is 6.92 Å².